The van der Waals surface area contributed by atoms with Gasteiger partial charge < -0.3 is 11.1 Å². The molecule has 1 saturated heterocycles. The van der Waals surface area contributed by atoms with Gasteiger partial charge in [-0.2, -0.15) is 0 Å². The number of aromatic nitrogens is 1. The Morgan fingerprint density at radius 3 is 2.70 bits per heavy atom. The summed E-state index contributed by atoms with van der Waals surface area (Å²) in [5.74, 6) is 0.660. The molecule has 1 fully saturated rings. The number of nitrogens with zero attached hydrogens (tertiary/aromatic N) is 2. The van der Waals surface area contributed by atoms with E-state index in [1.165, 1.54) is 25.9 Å². The van der Waals surface area contributed by atoms with Crippen LogP contribution in [0.15, 0.2) is 18.3 Å². The van der Waals surface area contributed by atoms with E-state index >= 15 is 0 Å². The van der Waals surface area contributed by atoms with Gasteiger partial charge in [-0.05, 0) is 64.4 Å². The fraction of sp³-hybridized carbons (Fsp3) is 0.688. The number of hydrogen-bond donors (Lipinski definition) is 2. The van der Waals surface area contributed by atoms with Crippen molar-refractivity contribution in [2.75, 3.05) is 25.4 Å². The van der Waals surface area contributed by atoms with Gasteiger partial charge in [0, 0.05) is 17.8 Å². The molecular formula is C16H28N4. The van der Waals surface area contributed by atoms with Crippen molar-refractivity contribution in [2.24, 2.45) is 0 Å². The normalized spacial score (nSPS) is 18.4. The number of pyridine rings is 1. The van der Waals surface area contributed by atoms with Crippen LogP contribution in [0.1, 0.15) is 39.2 Å². The first kappa shape index (κ1) is 15.3. The molecule has 0 spiro atoms. The molecule has 0 amide bonds. The molecule has 112 valence electrons. The van der Waals surface area contributed by atoms with Crippen molar-refractivity contribution in [3.8, 4) is 0 Å². The summed E-state index contributed by atoms with van der Waals surface area (Å²) in [6.07, 6.45) is 5.32. The molecule has 3 N–H and O–H groups in total. The van der Waals surface area contributed by atoms with Crippen molar-refractivity contribution in [1.29, 1.82) is 0 Å². The van der Waals surface area contributed by atoms with Crippen molar-refractivity contribution in [3.63, 3.8) is 0 Å². The Hall–Kier alpha value is -1.13. The minimum absolute atomic E-state index is 0.134. The summed E-state index contributed by atoms with van der Waals surface area (Å²) in [6.45, 7) is 10.2. The maximum absolute atomic E-state index is 6.01. The van der Waals surface area contributed by atoms with Crippen LogP contribution in [0.4, 0.5) is 5.82 Å². The molecule has 0 aromatic carbocycles. The summed E-state index contributed by atoms with van der Waals surface area (Å²) >= 11 is 0. The Balaban J connectivity index is 2.15. The number of likely N-dealkylation sites (N-methyl/N-ethyl adjacent to an activating group) is 1. The first-order valence-corrected chi connectivity index (χ1v) is 7.73. The van der Waals surface area contributed by atoms with Crippen molar-refractivity contribution in [1.82, 2.24) is 15.2 Å². The largest absolute Gasteiger partial charge is 0.383 e. The molecule has 2 heterocycles. The molecule has 1 unspecified atom stereocenters. The molecule has 0 saturated carbocycles. The standard InChI is InChI=1S/C16H28N4/c1-4-18-14(12-13-8-7-9-19-15(13)17)16(2,3)20-10-5-6-11-20/h7-9,14,18H,4-6,10-12H2,1-3H3,(H2,17,19). The quantitative estimate of drug-likeness (QED) is 0.835. The van der Waals surface area contributed by atoms with Gasteiger partial charge in [0.1, 0.15) is 5.82 Å². The second-order valence-electron chi connectivity index (χ2n) is 6.21. The first-order chi connectivity index (χ1) is 9.55. The van der Waals surface area contributed by atoms with Gasteiger partial charge >= 0.3 is 0 Å². The summed E-state index contributed by atoms with van der Waals surface area (Å²) in [4.78, 5) is 6.81. The zero-order valence-electron chi connectivity index (χ0n) is 13.0. The monoisotopic (exact) mass is 276 g/mol. The van der Waals surface area contributed by atoms with Crippen LogP contribution >= 0.6 is 0 Å². The third-order valence-corrected chi connectivity index (χ3v) is 4.57. The number of hydrogen-bond acceptors (Lipinski definition) is 4. The highest BCUT2D eigenvalue weighted by Crippen LogP contribution is 2.27. The van der Waals surface area contributed by atoms with Crippen molar-refractivity contribution < 1.29 is 0 Å². The zero-order valence-corrected chi connectivity index (χ0v) is 13.0. The van der Waals surface area contributed by atoms with Crippen LogP contribution in [-0.2, 0) is 6.42 Å². The summed E-state index contributed by atoms with van der Waals surface area (Å²) in [5.41, 5.74) is 7.29. The molecule has 1 atom stereocenters. The average Bonchev–Trinajstić information content (AvgIpc) is 2.95. The van der Waals surface area contributed by atoms with Crippen LogP contribution in [0, 0.1) is 0 Å². The average molecular weight is 276 g/mol. The van der Waals surface area contributed by atoms with Crippen LogP contribution in [0.25, 0.3) is 0 Å². The summed E-state index contributed by atoms with van der Waals surface area (Å²) in [7, 11) is 0. The molecule has 0 aliphatic carbocycles. The fourth-order valence-electron chi connectivity index (χ4n) is 3.18. The molecular weight excluding hydrogens is 248 g/mol. The zero-order chi connectivity index (χ0) is 14.6. The molecule has 4 nitrogen and oxygen atoms in total. The molecule has 2 rings (SSSR count). The first-order valence-electron chi connectivity index (χ1n) is 7.73. The number of likely N-dealkylation sites (tertiary alicyclic amines) is 1. The van der Waals surface area contributed by atoms with Crippen molar-refractivity contribution in [2.45, 2.75) is 51.6 Å². The third-order valence-electron chi connectivity index (χ3n) is 4.57. The maximum atomic E-state index is 6.01. The van der Waals surface area contributed by atoms with Gasteiger partial charge in [-0.15, -0.1) is 0 Å². The Morgan fingerprint density at radius 1 is 1.40 bits per heavy atom. The van der Waals surface area contributed by atoms with Gasteiger partial charge in [-0.1, -0.05) is 13.0 Å². The van der Waals surface area contributed by atoms with E-state index in [0.29, 0.717) is 11.9 Å². The molecule has 20 heavy (non-hydrogen) atoms. The highest BCUT2D eigenvalue weighted by molar-refractivity contribution is 5.39. The minimum Gasteiger partial charge on any atom is -0.383 e. The summed E-state index contributed by atoms with van der Waals surface area (Å²) in [5, 5.41) is 3.65. The Morgan fingerprint density at radius 2 is 2.10 bits per heavy atom. The lowest BCUT2D eigenvalue weighted by molar-refractivity contribution is 0.107. The SMILES string of the molecule is CCNC(Cc1cccnc1N)C(C)(C)N1CCCC1. The van der Waals surface area contributed by atoms with Crippen molar-refractivity contribution in [3.05, 3.63) is 23.9 Å². The third kappa shape index (κ3) is 3.30. The molecule has 1 aromatic heterocycles. The van der Waals surface area contributed by atoms with Crippen LogP contribution in [0.2, 0.25) is 0 Å². The van der Waals surface area contributed by atoms with E-state index in [1.54, 1.807) is 6.20 Å². The van der Waals surface area contributed by atoms with Gasteiger partial charge in [0.25, 0.3) is 0 Å². The van der Waals surface area contributed by atoms with Gasteiger partial charge in [0.15, 0.2) is 0 Å². The highest BCUT2D eigenvalue weighted by atomic mass is 15.2. The van der Waals surface area contributed by atoms with E-state index < -0.39 is 0 Å². The smallest absolute Gasteiger partial charge is 0.126 e. The van der Waals surface area contributed by atoms with E-state index in [9.17, 15) is 0 Å². The maximum Gasteiger partial charge on any atom is 0.126 e. The van der Waals surface area contributed by atoms with E-state index in [1.807, 2.05) is 6.07 Å². The Kier molecular flexibility index (Phi) is 5.00. The summed E-state index contributed by atoms with van der Waals surface area (Å²) < 4.78 is 0. The number of nitrogen functional groups attached to an aromatic ring is 1. The number of nitrogens with two attached hydrogens (primary N) is 1. The van der Waals surface area contributed by atoms with E-state index in [-0.39, 0.29) is 5.54 Å². The molecule has 4 heteroatoms. The van der Waals surface area contributed by atoms with Crippen LogP contribution in [0.5, 0.6) is 0 Å². The predicted molar refractivity (Wildman–Crippen MR) is 84.7 cm³/mol. The van der Waals surface area contributed by atoms with Gasteiger partial charge in [0.05, 0.1) is 0 Å². The van der Waals surface area contributed by atoms with Crippen LogP contribution in [0.3, 0.4) is 0 Å². The minimum atomic E-state index is 0.134. The fourth-order valence-corrected chi connectivity index (χ4v) is 3.18. The Labute approximate surface area is 122 Å². The number of nitrogens with one attached hydrogen (secondary N) is 1. The lowest BCUT2D eigenvalue weighted by Crippen LogP contribution is -2.57. The van der Waals surface area contributed by atoms with E-state index in [4.69, 9.17) is 5.73 Å². The molecule has 0 radical (unpaired) electrons. The molecule has 1 aliphatic heterocycles. The van der Waals surface area contributed by atoms with Gasteiger partial charge in [0.2, 0.25) is 0 Å². The lowest BCUT2D eigenvalue weighted by atomic mass is 9.87. The highest BCUT2D eigenvalue weighted by Gasteiger charge is 2.36. The Bertz CT molecular complexity index is 424. The topological polar surface area (TPSA) is 54.2 Å². The molecule has 1 aromatic rings. The van der Waals surface area contributed by atoms with E-state index in [2.05, 4.69) is 42.0 Å². The van der Waals surface area contributed by atoms with Gasteiger partial charge in [-0.3, -0.25) is 4.90 Å². The van der Waals surface area contributed by atoms with Crippen molar-refractivity contribution >= 4 is 5.82 Å². The second-order valence-corrected chi connectivity index (χ2v) is 6.21. The number of anilines is 1. The predicted octanol–water partition coefficient (Wildman–Crippen LogP) is 2.06. The van der Waals surface area contributed by atoms with E-state index in [0.717, 1.165) is 18.5 Å². The van der Waals surface area contributed by atoms with Crippen LogP contribution < -0.4 is 11.1 Å². The van der Waals surface area contributed by atoms with Gasteiger partial charge in [-0.25, -0.2) is 4.98 Å². The van der Waals surface area contributed by atoms with Crippen LogP contribution in [-0.4, -0.2) is 41.1 Å². The molecule has 0 bridgehead atoms. The molecule has 1 aliphatic rings. The second kappa shape index (κ2) is 6.55. The number of rotatable bonds is 6. The lowest BCUT2D eigenvalue weighted by Gasteiger charge is -2.42. The summed E-state index contributed by atoms with van der Waals surface area (Å²) in [6, 6.07) is 4.45.